The van der Waals surface area contributed by atoms with Crippen molar-refractivity contribution < 1.29 is 29.5 Å². The third kappa shape index (κ3) is 13.4. The van der Waals surface area contributed by atoms with E-state index >= 15 is 0 Å². The molecular formula is C17H34O6. The van der Waals surface area contributed by atoms with Crippen LogP contribution in [0.4, 0.5) is 0 Å². The van der Waals surface area contributed by atoms with Gasteiger partial charge in [-0.15, -0.1) is 0 Å². The molecule has 6 nitrogen and oxygen atoms in total. The summed E-state index contributed by atoms with van der Waals surface area (Å²) < 4.78 is 0. The molecule has 0 aliphatic heterocycles. The Hall–Kier alpha value is -0.690. The zero-order chi connectivity index (χ0) is 18.1. The molecule has 138 valence electrons. The van der Waals surface area contributed by atoms with Crippen LogP contribution in [0.3, 0.4) is 0 Å². The van der Waals surface area contributed by atoms with Gasteiger partial charge < -0.3 is 5.11 Å². The first-order valence-electron chi connectivity index (χ1n) is 8.36. The van der Waals surface area contributed by atoms with Crippen LogP contribution in [0.1, 0.15) is 80.6 Å². The molecule has 1 atom stereocenters. The largest absolute Gasteiger partial charge is 0.481 e. The predicted molar refractivity (Wildman–Crippen MR) is 87.5 cm³/mol. The van der Waals surface area contributed by atoms with Crippen molar-refractivity contribution in [2.24, 2.45) is 5.92 Å². The Bertz CT molecular complexity index is 311. The first-order chi connectivity index (χ1) is 10.4. The van der Waals surface area contributed by atoms with Gasteiger partial charge in [-0.2, -0.15) is 0 Å². The molecule has 0 aromatic carbocycles. The first kappa shape index (κ1) is 22.3. The third-order valence-electron chi connectivity index (χ3n) is 2.79. The fraction of sp³-hybridized carbons (Fsp3) is 0.941. The van der Waals surface area contributed by atoms with Crippen molar-refractivity contribution in [3.8, 4) is 0 Å². The second-order valence-corrected chi connectivity index (χ2v) is 7.77. The SMILES string of the molecule is CCCC(CCCC(OOC(C)(C)C)OOC(C)(C)C)C(=O)O. The van der Waals surface area contributed by atoms with Crippen LogP contribution in [-0.2, 0) is 24.3 Å². The minimum Gasteiger partial charge on any atom is -0.481 e. The lowest BCUT2D eigenvalue weighted by atomic mass is 9.97. The van der Waals surface area contributed by atoms with E-state index in [2.05, 4.69) is 0 Å². The second-order valence-electron chi connectivity index (χ2n) is 7.77. The number of carboxylic acid groups (broad SMARTS) is 1. The van der Waals surface area contributed by atoms with Crippen LogP contribution in [-0.4, -0.2) is 28.6 Å². The molecule has 0 bridgehead atoms. The van der Waals surface area contributed by atoms with E-state index in [1.54, 1.807) is 0 Å². The standard InChI is InChI=1S/C17H34O6/c1-8-10-13(15(18)19)11-9-12-14(20-22-16(2,3)4)21-23-17(5,6)7/h13-14H,8-12H2,1-7H3,(H,18,19). The smallest absolute Gasteiger partial charge is 0.306 e. The summed E-state index contributed by atoms with van der Waals surface area (Å²) in [7, 11) is 0. The summed E-state index contributed by atoms with van der Waals surface area (Å²) in [5.74, 6) is -1.07. The van der Waals surface area contributed by atoms with Crippen LogP contribution >= 0.6 is 0 Å². The summed E-state index contributed by atoms with van der Waals surface area (Å²) in [6, 6.07) is 0. The number of carboxylic acids is 1. The van der Waals surface area contributed by atoms with Gasteiger partial charge in [0.15, 0.2) is 0 Å². The lowest BCUT2D eigenvalue weighted by molar-refractivity contribution is -0.497. The quantitative estimate of drug-likeness (QED) is 0.341. The van der Waals surface area contributed by atoms with E-state index < -0.39 is 23.5 Å². The fourth-order valence-electron chi connectivity index (χ4n) is 1.78. The van der Waals surface area contributed by atoms with Crippen molar-refractivity contribution in [3.63, 3.8) is 0 Å². The van der Waals surface area contributed by atoms with Crippen LogP contribution < -0.4 is 0 Å². The molecular weight excluding hydrogens is 300 g/mol. The highest BCUT2D eigenvalue weighted by Gasteiger charge is 2.23. The number of hydrogen-bond donors (Lipinski definition) is 1. The normalized spacial score (nSPS) is 14.3. The second kappa shape index (κ2) is 10.2. The minimum absolute atomic E-state index is 0.326. The van der Waals surface area contributed by atoms with Crippen molar-refractivity contribution in [2.45, 2.75) is 98.1 Å². The van der Waals surface area contributed by atoms with E-state index in [9.17, 15) is 9.90 Å². The van der Waals surface area contributed by atoms with E-state index in [-0.39, 0.29) is 5.92 Å². The van der Waals surface area contributed by atoms with E-state index in [0.717, 1.165) is 6.42 Å². The van der Waals surface area contributed by atoms with Gasteiger partial charge in [-0.1, -0.05) is 13.3 Å². The Morgan fingerprint density at radius 1 is 0.913 bits per heavy atom. The monoisotopic (exact) mass is 334 g/mol. The van der Waals surface area contributed by atoms with E-state index in [1.165, 1.54) is 0 Å². The molecule has 1 N–H and O–H groups in total. The Kier molecular flexibility index (Phi) is 9.93. The van der Waals surface area contributed by atoms with Gasteiger partial charge in [0.25, 0.3) is 0 Å². The van der Waals surface area contributed by atoms with Gasteiger partial charge in [-0.05, 0) is 60.8 Å². The average Bonchev–Trinajstić information content (AvgIpc) is 2.37. The van der Waals surface area contributed by atoms with Gasteiger partial charge >= 0.3 is 5.97 Å². The molecule has 0 radical (unpaired) electrons. The average molecular weight is 334 g/mol. The molecule has 0 amide bonds. The Morgan fingerprint density at radius 3 is 1.74 bits per heavy atom. The lowest BCUT2D eigenvalue weighted by Gasteiger charge is -2.25. The highest BCUT2D eigenvalue weighted by molar-refractivity contribution is 5.69. The number of rotatable bonds is 11. The highest BCUT2D eigenvalue weighted by atomic mass is 17.3. The Morgan fingerprint density at radius 2 is 1.39 bits per heavy atom. The maximum absolute atomic E-state index is 11.2. The van der Waals surface area contributed by atoms with Crippen LogP contribution in [0, 0.1) is 5.92 Å². The Labute approximate surface area is 140 Å². The summed E-state index contributed by atoms with van der Waals surface area (Å²) >= 11 is 0. The Balaban J connectivity index is 4.40. The third-order valence-corrected chi connectivity index (χ3v) is 2.79. The molecule has 0 aliphatic rings. The van der Waals surface area contributed by atoms with Crippen LogP contribution in [0.15, 0.2) is 0 Å². The summed E-state index contributed by atoms with van der Waals surface area (Å²) in [6.07, 6.45) is 2.58. The fourth-order valence-corrected chi connectivity index (χ4v) is 1.78. The van der Waals surface area contributed by atoms with Gasteiger partial charge in [0.05, 0.1) is 17.1 Å². The van der Waals surface area contributed by atoms with Gasteiger partial charge in [0.1, 0.15) is 0 Å². The number of aliphatic carboxylic acids is 1. The molecule has 0 heterocycles. The minimum atomic E-state index is -0.748. The number of hydrogen-bond acceptors (Lipinski definition) is 5. The molecule has 6 heteroatoms. The molecule has 0 saturated carbocycles. The van der Waals surface area contributed by atoms with Crippen molar-refractivity contribution in [3.05, 3.63) is 0 Å². The predicted octanol–water partition coefficient (Wildman–Crippen LogP) is 4.48. The summed E-state index contributed by atoms with van der Waals surface area (Å²) in [5, 5.41) is 9.18. The van der Waals surface area contributed by atoms with Crippen LogP contribution in [0.25, 0.3) is 0 Å². The van der Waals surface area contributed by atoms with Crippen molar-refractivity contribution >= 4 is 5.97 Å². The van der Waals surface area contributed by atoms with Gasteiger partial charge in [0.2, 0.25) is 6.29 Å². The van der Waals surface area contributed by atoms with E-state index in [4.69, 9.17) is 19.6 Å². The van der Waals surface area contributed by atoms with Crippen molar-refractivity contribution in [2.75, 3.05) is 0 Å². The van der Waals surface area contributed by atoms with Crippen molar-refractivity contribution in [1.29, 1.82) is 0 Å². The van der Waals surface area contributed by atoms with E-state index in [1.807, 2.05) is 48.5 Å². The zero-order valence-corrected chi connectivity index (χ0v) is 15.7. The van der Waals surface area contributed by atoms with Gasteiger partial charge in [0, 0.05) is 6.42 Å². The molecule has 0 spiro atoms. The van der Waals surface area contributed by atoms with E-state index in [0.29, 0.717) is 25.7 Å². The maximum Gasteiger partial charge on any atom is 0.306 e. The first-order valence-corrected chi connectivity index (χ1v) is 8.36. The van der Waals surface area contributed by atoms with Gasteiger partial charge in [-0.3, -0.25) is 4.79 Å². The molecule has 0 aromatic heterocycles. The highest BCUT2D eigenvalue weighted by Crippen LogP contribution is 2.20. The van der Waals surface area contributed by atoms with Crippen LogP contribution in [0.2, 0.25) is 0 Å². The zero-order valence-electron chi connectivity index (χ0n) is 15.7. The topological polar surface area (TPSA) is 74.2 Å². The molecule has 0 rings (SSSR count). The molecule has 0 aliphatic carbocycles. The summed E-state index contributed by atoms with van der Waals surface area (Å²) in [5.41, 5.74) is -0.926. The van der Waals surface area contributed by atoms with Crippen LogP contribution in [0.5, 0.6) is 0 Å². The molecule has 1 unspecified atom stereocenters. The number of carbonyl (C=O) groups is 1. The molecule has 0 saturated heterocycles. The summed E-state index contributed by atoms with van der Waals surface area (Å²) in [4.78, 5) is 32.4. The van der Waals surface area contributed by atoms with Crippen molar-refractivity contribution in [1.82, 2.24) is 0 Å². The maximum atomic E-state index is 11.2. The molecule has 23 heavy (non-hydrogen) atoms. The molecule has 0 fully saturated rings. The lowest BCUT2D eigenvalue weighted by Crippen LogP contribution is -2.29. The molecule has 0 aromatic rings. The van der Waals surface area contributed by atoms with Gasteiger partial charge in [-0.25, -0.2) is 19.6 Å². The summed E-state index contributed by atoms with van der Waals surface area (Å²) in [6.45, 7) is 13.2.